The van der Waals surface area contributed by atoms with Crippen molar-refractivity contribution >= 4 is 11.8 Å². The fourth-order valence-electron chi connectivity index (χ4n) is 2.79. The molecule has 3 rings (SSSR count). The molecule has 2 N–H and O–H groups in total. The molecule has 1 aliphatic heterocycles. The summed E-state index contributed by atoms with van der Waals surface area (Å²) in [6, 6.07) is 5.98. The van der Waals surface area contributed by atoms with Gasteiger partial charge < -0.3 is 15.5 Å². The second-order valence-corrected chi connectivity index (χ2v) is 6.07. The van der Waals surface area contributed by atoms with E-state index in [0.717, 1.165) is 12.8 Å². The Bertz CT molecular complexity index is 601. The van der Waals surface area contributed by atoms with Gasteiger partial charge in [-0.2, -0.15) is 0 Å². The zero-order chi connectivity index (χ0) is 15.7. The first-order chi connectivity index (χ1) is 10.5. The predicted molar refractivity (Wildman–Crippen MR) is 79.7 cm³/mol. The molecule has 6 heteroatoms. The van der Waals surface area contributed by atoms with Gasteiger partial charge >= 0.3 is 0 Å². The molecule has 0 aromatic heterocycles. The summed E-state index contributed by atoms with van der Waals surface area (Å²) < 4.78 is 13.7. The summed E-state index contributed by atoms with van der Waals surface area (Å²) in [7, 11) is 0. The van der Waals surface area contributed by atoms with Crippen LogP contribution in [0.5, 0.6) is 0 Å². The summed E-state index contributed by atoms with van der Waals surface area (Å²) in [5.74, 6) is -0.849. The standard InChI is InChI=1S/C16H20FN3O2/c17-13-5-2-1-4-12(13)14(21)19-8-3-9-20(11-10-19)15(22)16(18)6-7-16/h1-2,4-5H,3,6-11,18H2. The molecule has 2 aliphatic rings. The number of carbonyl (C=O) groups is 2. The highest BCUT2D eigenvalue weighted by Gasteiger charge is 2.48. The van der Waals surface area contributed by atoms with Crippen LogP contribution in [-0.2, 0) is 4.79 Å². The van der Waals surface area contributed by atoms with Crippen LogP contribution in [-0.4, -0.2) is 53.3 Å². The van der Waals surface area contributed by atoms with Crippen molar-refractivity contribution in [2.45, 2.75) is 24.8 Å². The zero-order valence-corrected chi connectivity index (χ0v) is 12.4. The molecular formula is C16H20FN3O2. The van der Waals surface area contributed by atoms with Gasteiger partial charge in [-0.25, -0.2) is 4.39 Å². The number of rotatable bonds is 2. The number of benzene rings is 1. The van der Waals surface area contributed by atoms with Crippen LogP contribution in [0.15, 0.2) is 24.3 Å². The molecule has 1 saturated carbocycles. The molecule has 0 unspecified atom stereocenters. The van der Waals surface area contributed by atoms with Crippen LogP contribution in [0.2, 0.25) is 0 Å². The Hall–Kier alpha value is -1.95. The monoisotopic (exact) mass is 305 g/mol. The Kier molecular flexibility index (Phi) is 3.87. The summed E-state index contributed by atoms with van der Waals surface area (Å²) in [6.45, 7) is 1.99. The molecule has 1 aromatic rings. The van der Waals surface area contributed by atoms with Gasteiger partial charge in [0.15, 0.2) is 0 Å². The number of hydrogen-bond acceptors (Lipinski definition) is 3. The summed E-state index contributed by atoms with van der Waals surface area (Å²) in [5, 5.41) is 0. The molecule has 22 heavy (non-hydrogen) atoms. The number of hydrogen-bond donors (Lipinski definition) is 1. The fourth-order valence-corrected chi connectivity index (χ4v) is 2.79. The first-order valence-electron chi connectivity index (χ1n) is 7.63. The molecule has 1 aromatic carbocycles. The zero-order valence-electron chi connectivity index (χ0n) is 12.4. The van der Waals surface area contributed by atoms with Gasteiger partial charge in [0, 0.05) is 26.2 Å². The second-order valence-electron chi connectivity index (χ2n) is 6.07. The fraction of sp³-hybridized carbons (Fsp3) is 0.500. The van der Waals surface area contributed by atoms with Crippen molar-refractivity contribution in [3.8, 4) is 0 Å². The van der Waals surface area contributed by atoms with E-state index in [9.17, 15) is 14.0 Å². The maximum absolute atomic E-state index is 13.7. The minimum atomic E-state index is -0.676. The summed E-state index contributed by atoms with van der Waals surface area (Å²) in [5.41, 5.74) is 5.36. The first kappa shape index (κ1) is 15.0. The van der Waals surface area contributed by atoms with Crippen molar-refractivity contribution < 1.29 is 14.0 Å². The van der Waals surface area contributed by atoms with Crippen LogP contribution >= 0.6 is 0 Å². The minimum Gasteiger partial charge on any atom is -0.339 e. The summed E-state index contributed by atoms with van der Waals surface area (Å²) in [6.07, 6.45) is 2.16. The number of nitrogens with two attached hydrogens (primary N) is 1. The molecule has 0 spiro atoms. The van der Waals surface area contributed by atoms with Gasteiger partial charge in [0.25, 0.3) is 5.91 Å². The third-order valence-corrected chi connectivity index (χ3v) is 4.39. The van der Waals surface area contributed by atoms with E-state index in [2.05, 4.69) is 0 Å². The van der Waals surface area contributed by atoms with Crippen molar-refractivity contribution in [1.29, 1.82) is 0 Å². The molecular weight excluding hydrogens is 285 g/mol. The van der Waals surface area contributed by atoms with E-state index < -0.39 is 11.4 Å². The van der Waals surface area contributed by atoms with Crippen LogP contribution in [0.25, 0.3) is 0 Å². The normalized spacial score (nSPS) is 20.5. The van der Waals surface area contributed by atoms with Gasteiger partial charge in [-0.1, -0.05) is 12.1 Å². The molecule has 1 heterocycles. The SMILES string of the molecule is NC1(C(=O)N2CCCN(C(=O)c3ccccc3F)CC2)CC1. The molecule has 1 saturated heterocycles. The predicted octanol–water partition coefficient (Wildman–Crippen LogP) is 0.992. The van der Waals surface area contributed by atoms with E-state index in [4.69, 9.17) is 5.73 Å². The van der Waals surface area contributed by atoms with Crippen molar-refractivity contribution in [2.24, 2.45) is 5.73 Å². The average molecular weight is 305 g/mol. The third kappa shape index (κ3) is 2.83. The van der Waals surface area contributed by atoms with Crippen molar-refractivity contribution in [2.75, 3.05) is 26.2 Å². The van der Waals surface area contributed by atoms with E-state index in [1.807, 2.05) is 0 Å². The Morgan fingerprint density at radius 2 is 1.68 bits per heavy atom. The van der Waals surface area contributed by atoms with Gasteiger partial charge in [0.05, 0.1) is 11.1 Å². The minimum absolute atomic E-state index is 0.0207. The number of halogens is 1. The smallest absolute Gasteiger partial charge is 0.256 e. The van der Waals surface area contributed by atoms with Crippen LogP contribution in [0, 0.1) is 5.82 Å². The molecule has 2 amide bonds. The third-order valence-electron chi connectivity index (χ3n) is 4.39. The van der Waals surface area contributed by atoms with Gasteiger partial charge in [0.1, 0.15) is 5.82 Å². The lowest BCUT2D eigenvalue weighted by atomic mass is 10.2. The molecule has 0 bridgehead atoms. The number of amides is 2. The number of nitrogens with zero attached hydrogens (tertiary/aromatic N) is 2. The molecule has 0 atom stereocenters. The number of carbonyl (C=O) groups excluding carboxylic acids is 2. The highest BCUT2D eigenvalue weighted by Crippen LogP contribution is 2.34. The van der Waals surface area contributed by atoms with E-state index in [0.29, 0.717) is 32.6 Å². The van der Waals surface area contributed by atoms with Gasteiger partial charge in [-0.15, -0.1) is 0 Å². The van der Waals surface area contributed by atoms with Crippen molar-refractivity contribution in [3.63, 3.8) is 0 Å². The second kappa shape index (κ2) is 5.68. The van der Waals surface area contributed by atoms with Crippen molar-refractivity contribution in [3.05, 3.63) is 35.6 Å². The average Bonchev–Trinajstić information content (AvgIpc) is 3.30. The molecule has 118 valence electrons. The Morgan fingerprint density at radius 3 is 2.36 bits per heavy atom. The van der Waals surface area contributed by atoms with E-state index in [1.165, 1.54) is 12.1 Å². The van der Waals surface area contributed by atoms with Crippen LogP contribution < -0.4 is 5.73 Å². The summed E-state index contributed by atoms with van der Waals surface area (Å²) >= 11 is 0. The van der Waals surface area contributed by atoms with E-state index in [1.54, 1.807) is 21.9 Å². The lowest BCUT2D eigenvalue weighted by Crippen LogP contribution is -2.47. The van der Waals surface area contributed by atoms with Gasteiger partial charge in [-0.3, -0.25) is 9.59 Å². The van der Waals surface area contributed by atoms with Crippen molar-refractivity contribution in [1.82, 2.24) is 9.80 Å². The van der Waals surface area contributed by atoms with Crippen LogP contribution in [0.4, 0.5) is 4.39 Å². The van der Waals surface area contributed by atoms with E-state index >= 15 is 0 Å². The van der Waals surface area contributed by atoms with Gasteiger partial charge in [0.2, 0.25) is 5.91 Å². The van der Waals surface area contributed by atoms with Crippen LogP contribution in [0.1, 0.15) is 29.6 Å². The Morgan fingerprint density at radius 1 is 1.05 bits per heavy atom. The molecule has 2 fully saturated rings. The first-order valence-corrected chi connectivity index (χ1v) is 7.63. The Balaban J connectivity index is 1.66. The van der Waals surface area contributed by atoms with Gasteiger partial charge in [-0.05, 0) is 31.4 Å². The quantitative estimate of drug-likeness (QED) is 0.886. The van der Waals surface area contributed by atoms with Crippen LogP contribution in [0.3, 0.4) is 0 Å². The maximum atomic E-state index is 13.7. The largest absolute Gasteiger partial charge is 0.339 e. The maximum Gasteiger partial charge on any atom is 0.256 e. The molecule has 0 radical (unpaired) electrons. The lowest BCUT2D eigenvalue weighted by molar-refractivity contribution is -0.133. The highest BCUT2D eigenvalue weighted by molar-refractivity contribution is 5.94. The molecule has 5 nitrogen and oxygen atoms in total. The summed E-state index contributed by atoms with van der Waals surface area (Å²) in [4.78, 5) is 28.0. The lowest BCUT2D eigenvalue weighted by Gasteiger charge is -2.24. The Labute approximate surface area is 128 Å². The topological polar surface area (TPSA) is 66.6 Å². The highest BCUT2D eigenvalue weighted by atomic mass is 19.1. The molecule has 1 aliphatic carbocycles. The van der Waals surface area contributed by atoms with E-state index in [-0.39, 0.29) is 17.4 Å².